The van der Waals surface area contributed by atoms with E-state index in [-0.39, 0.29) is 22.9 Å². The summed E-state index contributed by atoms with van der Waals surface area (Å²) in [5.41, 5.74) is 4.46. The number of thioether (sulfide) groups is 1. The molecule has 0 aliphatic carbocycles. The van der Waals surface area contributed by atoms with Gasteiger partial charge in [-0.15, -0.1) is 10.2 Å². The fourth-order valence-corrected chi connectivity index (χ4v) is 5.37. The second kappa shape index (κ2) is 8.66. The summed E-state index contributed by atoms with van der Waals surface area (Å²) in [5, 5.41) is 9.71. The van der Waals surface area contributed by atoms with E-state index in [9.17, 15) is 14.4 Å². The molecule has 35 heavy (non-hydrogen) atoms. The Bertz CT molecular complexity index is 1710. The summed E-state index contributed by atoms with van der Waals surface area (Å²) in [5.74, 6) is 0.253. The molecule has 0 atom stereocenters. The predicted molar refractivity (Wildman–Crippen MR) is 136 cm³/mol. The van der Waals surface area contributed by atoms with Crippen LogP contribution in [0.3, 0.4) is 0 Å². The van der Waals surface area contributed by atoms with E-state index in [1.54, 1.807) is 24.5 Å². The van der Waals surface area contributed by atoms with Gasteiger partial charge in [0, 0.05) is 11.3 Å². The average Bonchev–Trinajstić information content (AvgIpc) is 3.39. The van der Waals surface area contributed by atoms with Crippen molar-refractivity contribution in [3.8, 4) is 5.69 Å². The Morgan fingerprint density at radius 2 is 1.71 bits per heavy atom. The third kappa shape index (κ3) is 3.68. The summed E-state index contributed by atoms with van der Waals surface area (Å²) in [6.07, 6.45) is 0. The van der Waals surface area contributed by atoms with Crippen LogP contribution in [0.4, 0.5) is 0 Å². The number of fused-ring (bicyclic) bond motifs is 3. The van der Waals surface area contributed by atoms with Crippen LogP contribution in [0.2, 0.25) is 0 Å². The Balaban J connectivity index is 1.61. The molecule has 8 nitrogen and oxygen atoms in total. The van der Waals surface area contributed by atoms with Crippen molar-refractivity contribution in [2.45, 2.75) is 32.9 Å². The molecular weight excluding hydrogens is 462 g/mol. The van der Waals surface area contributed by atoms with Gasteiger partial charge in [-0.3, -0.25) is 18.8 Å². The Morgan fingerprint density at radius 1 is 1.00 bits per heavy atom. The molecule has 0 saturated heterocycles. The van der Waals surface area contributed by atoms with Crippen molar-refractivity contribution in [3.63, 3.8) is 0 Å². The number of aromatic amines is 1. The highest BCUT2D eigenvalue weighted by Crippen LogP contribution is 2.26. The fourth-order valence-electron chi connectivity index (χ4n) is 4.56. The molecule has 176 valence electrons. The van der Waals surface area contributed by atoms with Crippen LogP contribution in [0.25, 0.3) is 22.4 Å². The molecule has 0 aliphatic rings. The van der Waals surface area contributed by atoms with Crippen LogP contribution in [0.1, 0.15) is 44.6 Å². The number of rotatable bonds is 6. The van der Waals surface area contributed by atoms with Crippen LogP contribution >= 0.6 is 11.8 Å². The second-order valence-corrected chi connectivity index (χ2v) is 9.40. The highest BCUT2D eigenvalue weighted by Gasteiger charge is 2.22. The fraction of sp³-hybridized carbons (Fsp3) is 0.192. The third-order valence-electron chi connectivity index (χ3n) is 6.15. The van der Waals surface area contributed by atoms with Gasteiger partial charge in [0.1, 0.15) is 0 Å². The first-order chi connectivity index (χ1) is 16.8. The number of H-pyrrole nitrogens is 1. The minimum atomic E-state index is -0.184. The summed E-state index contributed by atoms with van der Waals surface area (Å²) in [6.45, 7) is 7.00. The lowest BCUT2D eigenvalue weighted by Crippen LogP contribution is -2.22. The van der Waals surface area contributed by atoms with Crippen molar-refractivity contribution in [2.24, 2.45) is 0 Å². The van der Waals surface area contributed by atoms with Crippen molar-refractivity contribution in [2.75, 3.05) is 5.75 Å². The minimum absolute atomic E-state index is 0.0768. The van der Waals surface area contributed by atoms with Crippen molar-refractivity contribution < 1.29 is 9.59 Å². The maximum Gasteiger partial charge on any atom is 0.267 e. The van der Waals surface area contributed by atoms with Gasteiger partial charge in [0.05, 0.1) is 28.0 Å². The lowest BCUT2D eigenvalue weighted by Gasteiger charge is -2.13. The number of Topliss-reactive ketones (excluding diaryl/α,β-unsaturated/α-hetero) is 2. The van der Waals surface area contributed by atoms with Crippen LogP contribution in [0.15, 0.2) is 58.5 Å². The molecule has 0 radical (unpaired) electrons. The van der Waals surface area contributed by atoms with Crippen LogP contribution in [-0.2, 0) is 0 Å². The molecule has 0 bridgehead atoms. The number of aryl methyl sites for hydroxylation is 2. The zero-order valence-corrected chi connectivity index (χ0v) is 20.6. The van der Waals surface area contributed by atoms with Gasteiger partial charge in [-0.05, 0) is 57.0 Å². The van der Waals surface area contributed by atoms with Gasteiger partial charge in [-0.2, -0.15) is 0 Å². The summed E-state index contributed by atoms with van der Waals surface area (Å²) < 4.78 is 3.38. The third-order valence-corrected chi connectivity index (χ3v) is 7.08. The molecule has 0 saturated carbocycles. The molecule has 3 aromatic heterocycles. The first-order valence-corrected chi connectivity index (χ1v) is 12.1. The number of nitrogens with one attached hydrogen (secondary N) is 1. The van der Waals surface area contributed by atoms with Crippen molar-refractivity contribution in [1.82, 2.24) is 24.1 Å². The number of carbonyl (C=O) groups excluding carboxylic acids is 2. The van der Waals surface area contributed by atoms with Crippen LogP contribution in [-0.4, -0.2) is 41.5 Å². The molecule has 9 heteroatoms. The molecule has 1 N–H and O–H groups in total. The van der Waals surface area contributed by atoms with E-state index in [1.807, 2.05) is 53.8 Å². The molecule has 3 heterocycles. The van der Waals surface area contributed by atoms with E-state index in [0.717, 1.165) is 11.3 Å². The van der Waals surface area contributed by atoms with E-state index in [2.05, 4.69) is 15.2 Å². The first-order valence-electron chi connectivity index (χ1n) is 11.1. The highest BCUT2D eigenvalue weighted by atomic mass is 32.2. The predicted octanol–water partition coefficient (Wildman–Crippen LogP) is 4.46. The molecule has 0 aliphatic heterocycles. The number of benzene rings is 2. The van der Waals surface area contributed by atoms with E-state index >= 15 is 0 Å². The van der Waals surface area contributed by atoms with E-state index in [4.69, 9.17) is 0 Å². The maximum atomic E-state index is 13.5. The Hall–Kier alpha value is -3.98. The second-order valence-electron chi connectivity index (χ2n) is 8.46. The minimum Gasteiger partial charge on any atom is -0.355 e. The largest absolute Gasteiger partial charge is 0.355 e. The van der Waals surface area contributed by atoms with Gasteiger partial charge in [-0.25, -0.2) is 4.57 Å². The lowest BCUT2D eigenvalue weighted by atomic mass is 10.1. The summed E-state index contributed by atoms with van der Waals surface area (Å²) >= 11 is 1.24. The highest BCUT2D eigenvalue weighted by molar-refractivity contribution is 7.99. The van der Waals surface area contributed by atoms with Gasteiger partial charge < -0.3 is 4.98 Å². The standard InChI is InChI=1S/C26H23N5O3S/c1-14-9-5-7-11-19(14)30-24(34)18-10-6-8-12-20(18)31-25(30)28-29-26(31)35-13-21(33)23-15(2)22(17(4)32)16(3)27-23/h5-12,27H,13H2,1-4H3. The van der Waals surface area contributed by atoms with E-state index in [1.165, 1.54) is 18.7 Å². The number of hydrogen-bond donors (Lipinski definition) is 1. The van der Waals surface area contributed by atoms with Crippen LogP contribution < -0.4 is 5.56 Å². The number of hydrogen-bond acceptors (Lipinski definition) is 6. The quantitative estimate of drug-likeness (QED) is 0.281. The van der Waals surface area contributed by atoms with Crippen molar-refractivity contribution in [1.29, 1.82) is 0 Å². The molecular formula is C26H23N5O3S. The molecule has 0 amide bonds. The number of ketones is 2. The molecule has 0 unspecified atom stereocenters. The molecule has 5 aromatic rings. The summed E-state index contributed by atoms with van der Waals surface area (Å²) in [6, 6.07) is 14.9. The monoisotopic (exact) mass is 485 g/mol. The number of aromatic nitrogens is 5. The van der Waals surface area contributed by atoms with E-state index < -0.39 is 0 Å². The summed E-state index contributed by atoms with van der Waals surface area (Å²) in [4.78, 5) is 41.5. The van der Waals surface area contributed by atoms with Gasteiger partial charge >= 0.3 is 0 Å². The zero-order valence-electron chi connectivity index (χ0n) is 19.7. The number of carbonyl (C=O) groups is 2. The van der Waals surface area contributed by atoms with Gasteiger partial charge in [-0.1, -0.05) is 42.1 Å². The number of para-hydroxylation sites is 2. The Labute approximate surface area is 205 Å². The SMILES string of the molecule is CC(=O)c1c(C)[nH]c(C(=O)CSc2nnc3n(-c4ccccc4C)c(=O)c4ccccc4n23)c1C. The van der Waals surface area contributed by atoms with Crippen LogP contribution in [0.5, 0.6) is 0 Å². The normalized spacial score (nSPS) is 11.4. The molecule has 0 spiro atoms. The molecule has 2 aromatic carbocycles. The average molecular weight is 486 g/mol. The van der Waals surface area contributed by atoms with Gasteiger partial charge in [0.2, 0.25) is 5.78 Å². The smallest absolute Gasteiger partial charge is 0.267 e. The summed E-state index contributed by atoms with van der Waals surface area (Å²) in [7, 11) is 0. The Kier molecular flexibility index (Phi) is 5.64. The molecule has 5 rings (SSSR count). The van der Waals surface area contributed by atoms with Gasteiger partial charge in [0.25, 0.3) is 5.56 Å². The maximum absolute atomic E-state index is 13.5. The first kappa shape index (κ1) is 22.8. The Morgan fingerprint density at radius 3 is 2.43 bits per heavy atom. The van der Waals surface area contributed by atoms with Crippen LogP contribution in [0, 0.1) is 20.8 Å². The topological polar surface area (TPSA) is 102 Å². The lowest BCUT2D eigenvalue weighted by molar-refractivity contribution is 0.101. The van der Waals surface area contributed by atoms with E-state index in [0.29, 0.717) is 44.4 Å². The van der Waals surface area contributed by atoms with Crippen molar-refractivity contribution in [3.05, 3.63) is 87.0 Å². The zero-order chi connectivity index (χ0) is 24.9. The molecule has 0 fully saturated rings. The van der Waals surface area contributed by atoms with Gasteiger partial charge in [0.15, 0.2) is 16.7 Å². The number of nitrogens with zero attached hydrogens (tertiary/aromatic N) is 4. The van der Waals surface area contributed by atoms with Crippen molar-refractivity contribution >= 4 is 40.0 Å².